The standard InChI is InChI=1S/C10H12FNO2/c1-14-9-5-7(4-8(11)6-9)10(13)2-3-12/h4-6H,2-3,12H2,1H3. The van der Waals surface area contributed by atoms with E-state index >= 15 is 0 Å². The molecule has 0 fully saturated rings. The molecule has 2 N–H and O–H groups in total. The Morgan fingerprint density at radius 2 is 2.21 bits per heavy atom. The number of methoxy groups -OCH3 is 1. The highest BCUT2D eigenvalue weighted by Gasteiger charge is 2.08. The van der Waals surface area contributed by atoms with Crippen LogP contribution in [0.2, 0.25) is 0 Å². The summed E-state index contributed by atoms with van der Waals surface area (Å²) in [6.45, 7) is 0.262. The van der Waals surface area contributed by atoms with Gasteiger partial charge in [0.25, 0.3) is 0 Å². The van der Waals surface area contributed by atoms with Crippen LogP contribution in [-0.4, -0.2) is 19.4 Å². The maximum Gasteiger partial charge on any atom is 0.164 e. The summed E-state index contributed by atoms with van der Waals surface area (Å²) in [5.74, 6) is -0.319. The van der Waals surface area contributed by atoms with E-state index in [1.54, 1.807) is 0 Å². The van der Waals surface area contributed by atoms with Gasteiger partial charge in [0.15, 0.2) is 5.78 Å². The maximum atomic E-state index is 13.0. The summed E-state index contributed by atoms with van der Waals surface area (Å²) in [5.41, 5.74) is 5.53. The number of Topliss-reactive ketones (excluding diaryl/α,β-unsaturated/α-hetero) is 1. The molecule has 0 spiro atoms. The van der Waals surface area contributed by atoms with Gasteiger partial charge in [0, 0.05) is 18.1 Å². The number of rotatable bonds is 4. The summed E-state index contributed by atoms with van der Waals surface area (Å²) in [6, 6.07) is 3.90. The fourth-order valence-electron chi connectivity index (χ4n) is 1.12. The quantitative estimate of drug-likeness (QED) is 0.741. The van der Waals surface area contributed by atoms with Crippen molar-refractivity contribution in [3.05, 3.63) is 29.6 Å². The first-order valence-electron chi connectivity index (χ1n) is 4.25. The number of benzene rings is 1. The number of hydrogen-bond acceptors (Lipinski definition) is 3. The van der Waals surface area contributed by atoms with Gasteiger partial charge in [-0.25, -0.2) is 4.39 Å². The summed E-state index contributed by atoms with van der Waals surface area (Å²) in [5, 5.41) is 0. The molecule has 0 amide bonds. The van der Waals surface area contributed by atoms with E-state index in [1.165, 1.54) is 25.3 Å². The van der Waals surface area contributed by atoms with Crippen LogP contribution in [0.1, 0.15) is 16.8 Å². The van der Waals surface area contributed by atoms with E-state index in [2.05, 4.69) is 0 Å². The van der Waals surface area contributed by atoms with Crippen molar-refractivity contribution in [2.24, 2.45) is 5.73 Å². The minimum atomic E-state index is -0.482. The Morgan fingerprint density at radius 1 is 1.50 bits per heavy atom. The van der Waals surface area contributed by atoms with Gasteiger partial charge in [0.05, 0.1) is 7.11 Å². The van der Waals surface area contributed by atoms with Crippen molar-refractivity contribution in [2.75, 3.05) is 13.7 Å². The molecule has 0 atom stereocenters. The third-order valence-corrected chi connectivity index (χ3v) is 1.80. The Bertz CT molecular complexity index is 339. The Hall–Kier alpha value is -1.42. The SMILES string of the molecule is COc1cc(F)cc(C(=O)CCN)c1. The molecule has 0 aliphatic carbocycles. The molecule has 3 nitrogen and oxygen atoms in total. The second-order valence-electron chi connectivity index (χ2n) is 2.84. The average molecular weight is 197 g/mol. The zero-order valence-corrected chi connectivity index (χ0v) is 7.92. The van der Waals surface area contributed by atoms with Crippen molar-refractivity contribution in [3.63, 3.8) is 0 Å². The normalized spacial score (nSPS) is 9.93. The van der Waals surface area contributed by atoms with Gasteiger partial charge in [-0.05, 0) is 18.7 Å². The second kappa shape index (κ2) is 4.72. The predicted molar refractivity (Wildman–Crippen MR) is 51.0 cm³/mol. The van der Waals surface area contributed by atoms with Crippen LogP contribution in [0.5, 0.6) is 5.75 Å². The van der Waals surface area contributed by atoms with Crippen LogP contribution in [0, 0.1) is 5.82 Å². The molecule has 1 aromatic carbocycles. The van der Waals surface area contributed by atoms with Crippen molar-refractivity contribution >= 4 is 5.78 Å². The van der Waals surface area contributed by atoms with Crippen molar-refractivity contribution in [1.29, 1.82) is 0 Å². The van der Waals surface area contributed by atoms with E-state index < -0.39 is 5.82 Å². The van der Waals surface area contributed by atoms with Crippen LogP contribution in [0.4, 0.5) is 4.39 Å². The molecule has 0 radical (unpaired) electrons. The highest BCUT2D eigenvalue weighted by molar-refractivity contribution is 5.96. The highest BCUT2D eigenvalue weighted by Crippen LogP contribution is 2.16. The molecule has 0 aromatic heterocycles. The topological polar surface area (TPSA) is 52.3 Å². The largest absolute Gasteiger partial charge is 0.497 e. The number of ketones is 1. The van der Waals surface area contributed by atoms with Gasteiger partial charge in [-0.1, -0.05) is 0 Å². The summed E-state index contributed by atoms with van der Waals surface area (Å²) < 4.78 is 17.8. The average Bonchev–Trinajstić information content (AvgIpc) is 2.17. The number of carbonyl (C=O) groups excluding carboxylic acids is 1. The lowest BCUT2D eigenvalue weighted by atomic mass is 10.1. The number of carbonyl (C=O) groups is 1. The predicted octanol–water partition coefficient (Wildman–Crippen LogP) is 1.37. The molecule has 1 aromatic rings. The summed E-state index contributed by atoms with van der Waals surface area (Å²) >= 11 is 0. The highest BCUT2D eigenvalue weighted by atomic mass is 19.1. The molecule has 14 heavy (non-hydrogen) atoms. The third kappa shape index (κ3) is 2.53. The Balaban J connectivity index is 2.96. The number of halogens is 1. The molecular weight excluding hydrogens is 185 g/mol. The first kappa shape index (κ1) is 10.7. The van der Waals surface area contributed by atoms with Gasteiger partial charge in [0.2, 0.25) is 0 Å². The third-order valence-electron chi connectivity index (χ3n) is 1.80. The minimum absolute atomic E-state index is 0.176. The number of nitrogens with two attached hydrogens (primary N) is 1. The van der Waals surface area contributed by atoms with Crippen LogP contribution in [0.3, 0.4) is 0 Å². The summed E-state index contributed by atoms with van der Waals surface area (Å²) in [4.78, 5) is 11.4. The van der Waals surface area contributed by atoms with Gasteiger partial charge in [0.1, 0.15) is 11.6 Å². The number of ether oxygens (including phenoxy) is 1. The van der Waals surface area contributed by atoms with Crippen molar-refractivity contribution < 1.29 is 13.9 Å². The Labute approximate surface area is 81.7 Å². The van der Waals surface area contributed by atoms with Gasteiger partial charge < -0.3 is 10.5 Å². The molecule has 0 unspecified atom stereocenters. The van der Waals surface area contributed by atoms with Crippen molar-refractivity contribution in [2.45, 2.75) is 6.42 Å². The van der Waals surface area contributed by atoms with E-state index in [-0.39, 0.29) is 18.7 Å². The molecule has 4 heteroatoms. The maximum absolute atomic E-state index is 13.0. The van der Waals surface area contributed by atoms with E-state index in [4.69, 9.17) is 10.5 Å². The molecule has 0 saturated carbocycles. The van der Waals surface area contributed by atoms with E-state index in [0.29, 0.717) is 11.3 Å². The smallest absolute Gasteiger partial charge is 0.164 e. The van der Waals surface area contributed by atoms with E-state index in [0.717, 1.165) is 0 Å². The van der Waals surface area contributed by atoms with Crippen LogP contribution in [0.25, 0.3) is 0 Å². The van der Waals surface area contributed by atoms with Crippen LogP contribution >= 0.6 is 0 Å². The molecule has 0 aliphatic heterocycles. The summed E-state index contributed by atoms with van der Waals surface area (Å²) in [6.07, 6.45) is 0.215. The monoisotopic (exact) mass is 197 g/mol. The Morgan fingerprint density at radius 3 is 2.79 bits per heavy atom. The summed E-state index contributed by atoms with van der Waals surface area (Å²) in [7, 11) is 1.42. The van der Waals surface area contributed by atoms with E-state index in [1.807, 2.05) is 0 Å². The lowest BCUT2D eigenvalue weighted by molar-refractivity contribution is 0.0984. The molecule has 0 heterocycles. The zero-order chi connectivity index (χ0) is 10.6. The van der Waals surface area contributed by atoms with Crippen molar-refractivity contribution in [1.82, 2.24) is 0 Å². The molecule has 76 valence electrons. The number of hydrogen-bond donors (Lipinski definition) is 1. The zero-order valence-electron chi connectivity index (χ0n) is 7.92. The fraction of sp³-hybridized carbons (Fsp3) is 0.300. The first-order valence-corrected chi connectivity index (χ1v) is 4.25. The first-order chi connectivity index (χ1) is 6.67. The van der Waals surface area contributed by atoms with Crippen LogP contribution in [0.15, 0.2) is 18.2 Å². The lowest BCUT2D eigenvalue weighted by Gasteiger charge is -2.03. The second-order valence-corrected chi connectivity index (χ2v) is 2.84. The molecular formula is C10H12FNO2. The fourth-order valence-corrected chi connectivity index (χ4v) is 1.12. The van der Waals surface area contributed by atoms with Gasteiger partial charge >= 0.3 is 0 Å². The lowest BCUT2D eigenvalue weighted by Crippen LogP contribution is -2.08. The molecule has 0 saturated heterocycles. The minimum Gasteiger partial charge on any atom is -0.497 e. The van der Waals surface area contributed by atoms with E-state index in [9.17, 15) is 9.18 Å². The van der Waals surface area contributed by atoms with Crippen LogP contribution in [-0.2, 0) is 0 Å². The van der Waals surface area contributed by atoms with Crippen LogP contribution < -0.4 is 10.5 Å². The van der Waals surface area contributed by atoms with Gasteiger partial charge in [-0.2, -0.15) is 0 Å². The molecule has 0 bridgehead atoms. The molecule has 0 aliphatic rings. The Kier molecular flexibility index (Phi) is 3.59. The molecule has 1 rings (SSSR count). The van der Waals surface area contributed by atoms with Gasteiger partial charge in [-0.3, -0.25) is 4.79 Å². The van der Waals surface area contributed by atoms with Crippen molar-refractivity contribution in [3.8, 4) is 5.75 Å². The van der Waals surface area contributed by atoms with Gasteiger partial charge in [-0.15, -0.1) is 0 Å².